The maximum absolute atomic E-state index is 6.29. The van der Waals surface area contributed by atoms with Gasteiger partial charge in [-0.3, -0.25) is 4.90 Å². The van der Waals surface area contributed by atoms with Crippen LogP contribution < -0.4 is 14.8 Å². The average Bonchev–Trinajstić information content (AvgIpc) is 2.91. The zero-order valence-electron chi connectivity index (χ0n) is 14.8. The molecular weight excluding hydrogens is 336 g/mol. The molecule has 1 heterocycles. The number of benzene rings is 2. The van der Waals surface area contributed by atoms with E-state index in [1.165, 1.54) is 5.56 Å². The third-order valence-corrected chi connectivity index (χ3v) is 4.87. The van der Waals surface area contributed by atoms with E-state index in [1.807, 2.05) is 30.3 Å². The van der Waals surface area contributed by atoms with Crippen molar-refractivity contribution in [1.82, 2.24) is 10.2 Å². The Labute approximate surface area is 154 Å². The lowest BCUT2D eigenvalue weighted by atomic mass is 9.95. The number of halogens is 1. The van der Waals surface area contributed by atoms with Gasteiger partial charge in [0.1, 0.15) is 0 Å². The van der Waals surface area contributed by atoms with E-state index < -0.39 is 0 Å². The van der Waals surface area contributed by atoms with Gasteiger partial charge in [-0.2, -0.15) is 0 Å². The van der Waals surface area contributed by atoms with Crippen LogP contribution in [0.2, 0.25) is 5.02 Å². The number of rotatable bonds is 5. The number of para-hydroxylation sites is 1. The summed E-state index contributed by atoms with van der Waals surface area (Å²) in [4.78, 5) is 2.49. The number of methoxy groups -OCH3 is 2. The van der Waals surface area contributed by atoms with E-state index in [0.717, 1.165) is 54.7 Å². The molecule has 0 amide bonds. The summed E-state index contributed by atoms with van der Waals surface area (Å²) in [5, 5.41) is 4.22. The summed E-state index contributed by atoms with van der Waals surface area (Å²) >= 11 is 6.29. The summed E-state index contributed by atoms with van der Waals surface area (Å²) < 4.78 is 11.2. The molecule has 1 N–H and O–H groups in total. The third-order valence-electron chi connectivity index (χ3n) is 4.63. The molecule has 0 aromatic heterocycles. The zero-order chi connectivity index (χ0) is 17.6. The van der Waals surface area contributed by atoms with Gasteiger partial charge in [0.2, 0.25) is 0 Å². The van der Waals surface area contributed by atoms with Crippen molar-refractivity contribution in [1.29, 1.82) is 0 Å². The molecule has 2 aromatic rings. The molecule has 0 spiro atoms. The Morgan fingerprint density at radius 1 is 1.04 bits per heavy atom. The molecule has 3 rings (SSSR count). The average molecular weight is 361 g/mol. The third kappa shape index (κ3) is 4.09. The molecule has 1 fully saturated rings. The van der Waals surface area contributed by atoms with E-state index in [-0.39, 0.29) is 6.04 Å². The van der Waals surface area contributed by atoms with Gasteiger partial charge in [0.15, 0.2) is 11.5 Å². The molecule has 1 aliphatic rings. The fourth-order valence-corrected chi connectivity index (χ4v) is 3.71. The van der Waals surface area contributed by atoms with Crippen LogP contribution in [0.15, 0.2) is 42.5 Å². The lowest BCUT2D eigenvalue weighted by Crippen LogP contribution is -2.33. The predicted molar refractivity (Wildman–Crippen MR) is 102 cm³/mol. The number of ether oxygens (including phenoxy) is 2. The molecule has 25 heavy (non-hydrogen) atoms. The lowest BCUT2D eigenvalue weighted by molar-refractivity contribution is 0.234. The number of nitrogens with one attached hydrogen (secondary N) is 1. The van der Waals surface area contributed by atoms with Crippen LogP contribution in [0.3, 0.4) is 0 Å². The fraction of sp³-hybridized carbons (Fsp3) is 0.400. The number of hydrogen-bond donors (Lipinski definition) is 1. The van der Waals surface area contributed by atoms with Crippen molar-refractivity contribution in [2.45, 2.75) is 12.5 Å². The standard InChI is InChI=1S/C20H25ClN2O2/c1-24-18-9-4-8-17(20(18)25-2)19(15-6-3-7-16(21)14-15)23-12-5-10-22-11-13-23/h3-4,6-9,14,19,22H,5,10-13H2,1-2H3. The van der Waals surface area contributed by atoms with Crippen LogP contribution in [0, 0.1) is 0 Å². The van der Waals surface area contributed by atoms with Crippen molar-refractivity contribution in [3.05, 3.63) is 58.6 Å². The van der Waals surface area contributed by atoms with Crippen LogP contribution in [-0.4, -0.2) is 45.3 Å². The second-order valence-corrected chi connectivity index (χ2v) is 6.62. The van der Waals surface area contributed by atoms with Gasteiger partial charge >= 0.3 is 0 Å². The minimum Gasteiger partial charge on any atom is -0.493 e. The largest absolute Gasteiger partial charge is 0.493 e. The van der Waals surface area contributed by atoms with E-state index in [9.17, 15) is 0 Å². The summed E-state index contributed by atoms with van der Waals surface area (Å²) in [5.41, 5.74) is 2.27. The van der Waals surface area contributed by atoms with Crippen LogP contribution in [0.4, 0.5) is 0 Å². The van der Waals surface area contributed by atoms with Gasteiger partial charge < -0.3 is 14.8 Å². The molecule has 1 unspecified atom stereocenters. The van der Waals surface area contributed by atoms with Crippen LogP contribution in [0.5, 0.6) is 11.5 Å². The first kappa shape index (κ1) is 18.1. The number of nitrogens with zero attached hydrogens (tertiary/aromatic N) is 1. The van der Waals surface area contributed by atoms with Crippen LogP contribution in [0.1, 0.15) is 23.6 Å². The van der Waals surface area contributed by atoms with Crippen molar-refractivity contribution >= 4 is 11.6 Å². The SMILES string of the molecule is COc1cccc(C(c2cccc(Cl)c2)N2CCCNCC2)c1OC. The summed E-state index contributed by atoms with van der Waals surface area (Å²) in [6, 6.07) is 14.2. The maximum atomic E-state index is 6.29. The summed E-state index contributed by atoms with van der Waals surface area (Å²) in [6.45, 7) is 4.01. The van der Waals surface area contributed by atoms with Crippen molar-refractivity contribution in [2.75, 3.05) is 40.4 Å². The lowest BCUT2D eigenvalue weighted by Gasteiger charge is -2.32. The fourth-order valence-electron chi connectivity index (χ4n) is 3.52. The Hall–Kier alpha value is -1.75. The van der Waals surface area contributed by atoms with E-state index in [1.54, 1.807) is 14.2 Å². The zero-order valence-corrected chi connectivity index (χ0v) is 15.6. The van der Waals surface area contributed by atoms with Crippen molar-refractivity contribution in [3.63, 3.8) is 0 Å². The highest BCUT2D eigenvalue weighted by Crippen LogP contribution is 2.40. The van der Waals surface area contributed by atoms with E-state index in [0.29, 0.717) is 0 Å². The van der Waals surface area contributed by atoms with E-state index >= 15 is 0 Å². The Bertz CT molecular complexity index is 700. The van der Waals surface area contributed by atoms with Crippen LogP contribution >= 0.6 is 11.6 Å². The van der Waals surface area contributed by atoms with Gasteiger partial charge in [0.05, 0.1) is 20.3 Å². The molecule has 5 heteroatoms. The monoisotopic (exact) mass is 360 g/mol. The molecule has 0 aliphatic carbocycles. The number of hydrogen-bond acceptors (Lipinski definition) is 4. The quantitative estimate of drug-likeness (QED) is 0.880. The summed E-state index contributed by atoms with van der Waals surface area (Å²) in [6.07, 6.45) is 1.11. The molecule has 0 saturated carbocycles. The molecule has 1 aliphatic heterocycles. The predicted octanol–water partition coefficient (Wildman–Crippen LogP) is 3.74. The molecule has 134 valence electrons. The van der Waals surface area contributed by atoms with Gasteiger partial charge in [-0.25, -0.2) is 0 Å². The minimum atomic E-state index is 0.0728. The van der Waals surface area contributed by atoms with Crippen LogP contribution in [0.25, 0.3) is 0 Å². The molecule has 1 atom stereocenters. The molecule has 0 radical (unpaired) electrons. The molecule has 4 nitrogen and oxygen atoms in total. The first-order valence-corrected chi connectivity index (χ1v) is 9.03. The summed E-state index contributed by atoms with van der Waals surface area (Å²) in [7, 11) is 3.37. The second-order valence-electron chi connectivity index (χ2n) is 6.18. The second kappa shape index (κ2) is 8.56. The smallest absolute Gasteiger partial charge is 0.165 e. The highest BCUT2D eigenvalue weighted by Gasteiger charge is 2.27. The normalized spacial score (nSPS) is 16.9. The van der Waals surface area contributed by atoms with Gasteiger partial charge in [0, 0.05) is 30.2 Å². The van der Waals surface area contributed by atoms with Crippen molar-refractivity contribution in [2.24, 2.45) is 0 Å². The van der Waals surface area contributed by atoms with Gasteiger partial charge in [0.25, 0.3) is 0 Å². The minimum absolute atomic E-state index is 0.0728. The Balaban J connectivity index is 2.11. The summed E-state index contributed by atoms with van der Waals surface area (Å²) in [5.74, 6) is 1.53. The van der Waals surface area contributed by atoms with Crippen molar-refractivity contribution in [3.8, 4) is 11.5 Å². The molecule has 2 aromatic carbocycles. The Morgan fingerprint density at radius 3 is 2.64 bits per heavy atom. The highest BCUT2D eigenvalue weighted by molar-refractivity contribution is 6.30. The first-order valence-electron chi connectivity index (χ1n) is 8.65. The topological polar surface area (TPSA) is 33.7 Å². The molecular formula is C20H25ClN2O2. The van der Waals surface area contributed by atoms with Gasteiger partial charge in [-0.15, -0.1) is 0 Å². The highest BCUT2D eigenvalue weighted by atomic mass is 35.5. The Morgan fingerprint density at radius 2 is 1.88 bits per heavy atom. The molecule has 0 bridgehead atoms. The first-order chi connectivity index (χ1) is 12.2. The van der Waals surface area contributed by atoms with Crippen molar-refractivity contribution < 1.29 is 9.47 Å². The van der Waals surface area contributed by atoms with Gasteiger partial charge in [-0.05, 0) is 36.7 Å². The Kier molecular flexibility index (Phi) is 6.19. The maximum Gasteiger partial charge on any atom is 0.165 e. The van der Waals surface area contributed by atoms with E-state index in [2.05, 4.69) is 22.3 Å². The van der Waals surface area contributed by atoms with Gasteiger partial charge in [-0.1, -0.05) is 35.9 Å². The van der Waals surface area contributed by atoms with Crippen LogP contribution in [-0.2, 0) is 0 Å². The van der Waals surface area contributed by atoms with E-state index in [4.69, 9.17) is 21.1 Å². The molecule has 1 saturated heterocycles.